The van der Waals surface area contributed by atoms with Crippen LogP contribution in [0.5, 0.6) is 0 Å². The average molecular weight is 204 g/mol. The van der Waals surface area contributed by atoms with E-state index in [1.165, 1.54) is 0 Å². The van der Waals surface area contributed by atoms with E-state index in [2.05, 4.69) is 4.98 Å². The third-order valence-corrected chi connectivity index (χ3v) is 2.32. The van der Waals surface area contributed by atoms with E-state index in [4.69, 9.17) is 5.11 Å². The molecule has 15 heavy (non-hydrogen) atoms. The van der Waals surface area contributed by atoms with Gasteiger partial charge >= 0.3 is 5.97 Å². The molecule has 0 aliphatic carbocycles. The third-order valence-electron chi connectivity index (χ3n) is 2.32. The van der Waals surface area contributed by atoms with E-state index >= 15 is 0 Å². The number of fused-ring (bicyclic) bond motifs is 1. The second-order valence-corrected chi connectivity index (χ2v) is 3.39. The fraction of sp³-hybridized carbons (Fsp3) is 0.273. The van der Waals surface area contributed by atoms with Crippen LogP contribution in [0, 0.1) is 0 Å². The highest BCUT2D eigenvalue weighted by molar-refractivity contribution is 5.87. The van der Waals surface area contributed by atoms with Crippen molar-refractivity contribution in [3.8, 4) is 0 Å². The van der Waals surface area contributed by atoms with Gasteiger partial charge in [0.2, 0.25) is 0 Å². The number of carboxylic acid groups (broad SMARTS) is 1. The number of aromatic carboxylic acids is 1. The Labute approximate surface area is 87.2 Å². The molecule has 4 heteroatoms. The number of aromatic nitrogens is 2. The Hall–Kier alpha value is -1.84. The van der Waals surface area contributed by atoms with Gasteiger partial charge in [-0.1, -0.05) is 19.4 Å². The predicted molar refractivity (Wildman–Crippen MR) is 56.1 cm³/mol. The summed E-state index contributed by atoms with van der Waals surface area (Å²) < 4.78 is 1.84. The van der Waals surface area contributed by atoms with Gasteiger partial charge in [0.1, 0.15) is 5.65 Å². The monoisotopic (exact) mass is 204 g/mol. The number of hydrogen-bond donors (Lipinski definition) is 1. The highest BCUT2D eigenvalue weighted by atomic mass is 16.4. The fourth-order valence-corrected chi connectivity index (χ4v) is 1.69. The molecule has 0 atom stereocenters. The van der Waals surface area contributed by atoms with Crippen LogP contribution in [0.4, 0.5) is 0 Å². The zero-order chi connectivity index (χ0) is 10.8. The second-order valence-electron chi connectivity index (χ2n) is 3.39. The number of rotatable bonds is 3. The van der Waals surface area contributed by atoms with Crippen molar-refractivity contribution in [2.75, 3.05) is 0 Å². The van der Waals surface area contributed by atoms with Crippen molar-refractivity contribution >= 4 is 11.6 Å². The number of carbonyl (C=O) groups is 1. The molecule has 2 rings (SSSR count). The van der Waals surface area contributed by atoms with Crippen LogP contribution in [0.3, 0.4) is 0 Å². The predicted octanol–water partition coefficient (Wildman–Crippen LogP) is 1.99. The highest BCUT2D eigenvalue weighted by Crippen LogP contribution is 2.14. The minimum Gasteiger partial charge on any atom is -0.476 e. The van der Waals surface area contributed by atoms with Crippen molar-refractivity contribution in [1.29, 1.82) is 0 Å². The van der Waals surface area contributed by atoms with Crippen LogP contribution in [0.1, 0.15) is 29.5 Å². The van der Waals surface area contributed by atoms with Crippen LogP contribution in [0.25, 0.3) is 5.65 Å². The summed E-state index contributed by atoms with van der Waals surface area (Å²) in [6, 6.07) is 5.54. The molecule has 4 nitrogen and oxygen atoms in total. The molecule has 2 aromatic heterocycles. The lowest BCUT2D eigenvalue weighted by atomic mass is 10.2. The standard InChI is InChI=1S/C11H12N2O2/c1-2-5-8-10(11(14)15)12-9-6-3-4-7-13(8)9/h3-4,6-7H,2,5H2,1H3,(H,14,15). The van der Waals surface area contributed by atoms with Gasteiger partial charge in [0, 0.05) is 6.20 Å². The van der Waals surface area contributed by atoms with Gasteiger partial charge in [-0.3, -0.25) is 0 Å². The van der Waals surface area contributed by atoms with E-state index < -0.39 is 5.97 Å². The van der Waals surface area contributed by atoms with Gasteiger partial charge in [0.25, 0.3) is 0 Å². The molecule has 0 aliphatic heterocycles. The average Bonchev–Trinajstić information content (AvgIpc) is 2.58. The minimum atomic E-state index is -0.956. The van der Waals surface area contributed by atoms with Crippen molar-refractivity contribution < 1.29 is 9.90 Å². The van der Waals surface area contributed by atoms with Crippen LogP contribution < -0.4 is 0 Å². The highest BCUT2D eigenvalue weighted by Gasteiger charge is 2.16. The van der Waals surface area contributed by atoms with Crippen molar-refractivity contribution in [2.45, 2.75) is 19.8 Å². The van der Waals surface area contributed by atoms with Crippen molar-refractivity contribution in [3.63, 3.8) is 0 Å². The quantitative estimate of drug-likeness (QED) is 0.831. The van der Waals surface area contributed by atoms with Crippen LogP contribution in [-0.4, -0.2) is 20.5 Å². The lowest BCUT2D eigenvalue weighted by molar-refractivity contribution is 0.0690. The SMILES string of the molecule is CCCc1c(C(=O)O)nc2ccccn12. The van der Waals surface area contributed by atoms with Crippen LogP contribution in [0.15, 0.2) is 24.4 Å². The summed E-state index contributed by atoms with van der Waals surface area (Å²) in [5, 5.41) is 9.02. The topological polar surface area (TPSA) is 54.6 Å². The first-order valence-electron chi connectivity index (χ1n) is 4.93. The van der Waals surface area contributed by atoms with E-state index in [9.17, 15) is 4.79 Å². The number of hydrogen-bond acceptors (Lipinski definition) is 2. The molecule has 0 saturated carbocycles. The first-order chi connectivity index (χ1) is 7.24. The maximum atomic E-state index is 11.0. The summed E-state index contributed by atoms with van der Waals surface area (Å²) >= 11 is 0. The summed E-state index contributed by atoms with van der Waals surface area (Å²) in [6.45, 7) is 2.02. The van der Waals surface area contributed by atoms with Crippen molar-refractivity contribution in [1.82, 2.24) is 9.38 Å². The Morgan fingerprint density at radius 1 is 1.53 bits per heavy atom. The molecule has 2 heterocycles. The van der Waals surface area contributed by atoms with Gasteiger partial charge in [0.15, 0.2) is 5.69 Å². The van der Waals surface area contributed by atoms with E-state index in [0.717, 1.165) is 18.5 Å². The Morgan fingerprint density at radius 2 is 2.33 bits per heavy atom. The second kappa shape index (κ2) is 3.73. The molecule has 0 saturated heterocycles. The largest absolute Gasteiger partial charge is 0.476 e. The Kier molecular flexibility index (Phi) is 2.41. The lowest BCUT2D eigenvalue weighted by Crippen LogP contribution is -2.03. The van der Waals surface area contributed by atoms with Gasteiger partial charge in [-0.25, -0.2) is 9.78 Å². The smallest absolute Gasteiger partial charge is 0.356 e. The molecular formula is C11H12N2O2. The molecule has 0 bridgehead atoms. The number of aryl methyl sites for hydroxylation is 1. The van der Waals surface area contributed by atoms with Crippen LogP contribution in [0.2, 0.25) is 0 Å². The van der Waals surface area contributed by atoms with Gasteiger partial charge in [-0.15, -0.1) is 0 Å². The molecule has 0 aromatic carbocycles. The molecule has 0 radical (unpaired) electrons. The Morgan fingerprint density at radius 3 is 3.00 bits per heavy atom. The number of carboxylic acids is 1. The van der Waals surface area contributed by atoms with E-state index in [1.54, 1.807) is 0 Å². The number of pyridine rings is 1. The van der Waals surface area contributed by atoms with Gasteiger partial charge in [0.05, 0.1) is 5.69 Å². The molecule has 0 amide bonds. The van der Waals surface area contributed by atoms with Gasteiger partial charge in [-0.05, 0) is 18.6 Å². The van der Waals surface area contributed by atoms with Crippen LogP contribution >= 0.6 is 0 Å². The summed E-state index contributed by atoms with van der Waals surface area (Å²) in [6.07, 6.45) is 3.48. The van der Waals surface area contributed by atoms with E-state index in [1.807, 2.05) is 35.7 Å². The van der Waals surface area contributed by atoms with Gasteiger partial charge < -0.3 is 9.51 Å². The summed E-state index contributed by atoms with van der Waals surface area (Å²) in [4.78, 5) is 15.1. The Bertz CT molecular complexity index is 502. The first kappa shape index (κ1) is 9.71. The zero-order valence-corrected chi connectivity index (χ0v) is 8.47. The summed E-state index contributed by atoms with van der Waals surface area (Å²) in [5.41, 5.74) is 1.64. The maximum Gasteiger partial charge on any atom is 0.356 e. The fourth-order valence-electron chi connectivity index (χ4n) is 1.69. The van der Waals surface area contributed by atoms with Crippen LogP contribution in [-0.2, 0) is 6.42 Å². The van der Waals surface area contributed by atoms with Crippen molar-refractivity contribution in [2.24, 2.45) is 0 Å². The van der Waals surface area contributed by atoms with Gasteiger partial charge in [-0.2, -0.15) is 0 Å². The summed E-state index contributed by atoms with van der Waals surface area (Å²) in [7, 11) is 0. The molecule has 1 N–H and O–H groups in total. The van der Waals surface area contributed by atoms with Crippen molar-refractivity contribution in [3.05, 3.63) is 35.8 Å². The molecular weight excluding hydrogens is 192 g/mol. The minimum absolute atomic E-state index is 0.169. The number of imidazole rings is 1. The first-order valence-corrected chi connectivity index (χ1v) is 4.93. The molecule has 0 aliphatic rings. The molecule has 0 spiro atoms. The summed E-state index contributed by atoms with van der Waals surface area (Å²) in [5.74, 6) is -0.956. The molecule has 78 valence electrons. The molecule has 0 fully saturated rings. The normalized spacial score (nSPS) is 10.7. The zero-order valence-electron chi connectivity index (χ0n) is 8.47. The van der Waals surface area contributed by atoms with E-state index in [-0.39, 0.29) is 5.69 Å². The molecule has 0 unspecified atom stereocenters. The van der Waals surface area contributed by atoms with E-state index in [0.29, 0.717) is 5.65 Å². The number of nitrogens with zero attached hydrogens (tertiary/aromatic N) is 2. The maximum absolute atomic E-state index is 11.0. The third kappa shape index (κ3) is 1.58. The lowest BCUT2D eigenvalue weighted by Gasteiger charge is -1.99. The Balaban J connectivity index is 2.68. The molecule has 2 aromatic rings.